The molecule has 0 amide bonds. The summed E-state index contributed by atoms with van der Waals surface area (Å²) in [5.74, 6) is 1.05. The molecule has 2 rings (SSSR count). The number of nitrogens with zero attached hydrogens (tertiary/aromatic N) is 2. The largest absolute Gasteiger partial charge is 0.421 e. The third kappa shape index (κ3) is 2.34. The van der Waals surface area contributed by atoms with Crippen molar-refractivity contribution in [1.29, 1.82) is 0 Å². The maximum Gasteiger partial charge on any atom is 0.247 e. The van der Waals surface area contributed by atoms with Gasteiger partial charge in [0.1, 0.15) is 0 Å². The minimum Gasteiger partial charge on any atom is -0.421 e. The minimum absolute atomic E-state index is 0.495. The zero-order chi connectivity index (χ0) is 10.7. The molecular formula is C10H10ClN3O. The van der Waals surface area contributed by atoms with Gasteiger partial charge in [-0.05, 0) is 24.3 Å². The fourth-order valence-corrected chi connectivity index (χ4v) is 1.31. The van der Waals surface area contributed by atoms with Gasteiger partial charge in [-0.2, -0.15) is 0 Å². The van der Waals surface area contributed by atoms with E-state index >= 15 is 0 Å². The van der Waals surface area contributed by atoms with E-state index in [2.05, 4.69) is 10.2 Å². The lowest BCUT2D eigenvalue weighted by Gasteiger charge is -1.94. The smallest absolute Gasteiger partial charge is 0.247 e. The fraction of sp³-hybridized carbons (Fsp3) is 0.200. The molecule has 0 spiro atoms. The number of aromatic nitrogens is 2. The molecular weight excluding hydrogens is 214 g/mol. The Hall–Kier alpha value is -1.39. The first kappa shape index (κ1) is 10.1. The molecule has 0 fully saturated rings. The summed E-state index contributed by atoms with van der Waals surface area (Å²) in [4.78, 5) is 0. The van der Waals surface area contributed by atoms with Crippen molar-refractivity contribution < 1.29 is 4.42 Å². The van der Waals surface area contributed by atoms with Gasteiger partial charge in [-0.1, -0.05) is 11.6 Å². The van der Waals surface area contributed by atoms with Crippen LogP contribution in [-0.2, 0) is 6.42 Å². The predicted molar refractivity (Wildman–Crippen MR) is 57.5 cm³/mol. The lowest BCUT2D eigenvalue weighted by molar-refractivity contribution is 0.507. The van der Waals surface area contributed by atoms with Crippen LogP contribution >= 0.6 is 11.6 Å². The first-order valence-corrected chi connectivity index (χ1v) is 4.96. The van der Waals surface area contributed by atoms with Crippen molar-refractivity contribution in [3.63, 3.8) is 0 Å². The van der Waals surface area contributed by atoms with Gasteiger partial charge in [-0.3, -0.25) is 0 Å². The third-order valence-electron chi connectivity index (χ3n) is 1.92. The molecule has 4 nitrogen and oxygen atoms in total. The second-order valence-corrected chi connectivity index (χ2v) is 3.48. The number of hydrogen-bond donors (Lipinski definition) is 1. The van der Waals surface area contributed by atoms with Crippen molar-refractivity contribution in [1.82, 2.24) is 10.2 Å². The van der Waals surface area contributed by atoms with Crippen molar-refractivity contribution in [2.24, 2.45) is 5.73 Å². The molecule has 0 unspecified atom stereocenters. The second kappa shape index (κ2) is 4.42. The lowest BCUT2D eigenvalue weighted by atomic mass is 10.2. The van der Waals surface area contributed by atoms with E-state index in [1.807, 2.05) is 12.1 Å². The Kier molecular flexibility index (Phi) is 2.99. The molecule has 1 heterocycles. The van der Waals surface area contributed by atoms with Crippen LogP contribution in [0, 0.1) is 0 Å². The van der Waals surface area contributed by atoms with Crippen molar-refractivity contribution in [2.75, 3.05) is 6.54 Å². The van der Waals surface area contributed by atoms with E-state index in [-0.39, 0.29) is 0 Å². The molecule has 0 radical (unpaired) electrons. The molecule has 2 aromatic rings. The quantitative estimate of drug-likeness (QED) is 0.863. The Morgan fingerprint density at radius 1 is 1.20 bits per heavy atom. The van der Waals surface area contributed by atoms with E-state index in [0.29, 0.717) is 29.8 Å². The number of hydrogen-bond acceptors (Lipinski definition) is 4. The molecule has 2 N–H and O–H groups in total. The Balaban J connectivity index is 2.25. The van der Waals surface area contributed by atoms with Crippen LogP contribution in [0.15, 0.2) is 28.7 Å². The molecule has 0 saturated carbocycles. The highest BCUT2D eigenvalue weighted by Crippen LogP contribution is 2.20. The molecule has 1 aromatic carbocycles. The first-order chi connectivity index (χ1) is 7.29. The Morgan fingerprint density at radius 2 is 1.93 bits per heavy atom. The zero-order valence-electron chi connectivity index (χ0n) is 7.98. The summed E-state index contributed by atoms with van der Waals surface area (Å²) in [6.07, 6.45) is 0.598. The van der Waals surface area contributed by atoms with Gasteiger partial charge in [0.15, 0.2) is 0 Å². The van der Waals surface area contributed by atoms with Crippen molar-refractivity contribution >= 4 is 11.6 Å². The Morgan fingerprint density at radius 3 is 2.60 bits per heavy atom. The molecule has 15 heavy (non-hydrogen) atoms. The van der Waals surface area contributed by atoms with Gasteiger partial charge < -0.3 is 10.2 Å². The van der Waals surface area contributed by atoms with E-state index < -0.39 is 0 Å². The molecule has 0 aliphatic carbocycles. The highest BCUT2D eigenvalue weighted by atomic mass is 35.5. The summed E-state index contributed by atoms with van der Waals surface area (Å²) in [7, 11) is 0. The minimum atomic E-state index is 0.495. The number of nitrogens with two attached hydrogens (primary N) is 1. The van der Waals surface area contributed by atoms with E-state index in [4.69, 9.17) is 21.8 Å². The third-order valence-corrected chi connectivity index (χ3v) is 2.17. The molecule has 0 saturated heterocycles. The van der Waals surface area contributed by atoms with Gasteiger partial charge in [0.25, 0.3) is 0 Å². The van der Waals surface area contributed by atoms with Crippen LogP contribution in [0.5, 0.6) is 0 Å². The summed E-state index contributed by atoms with van der Waals surface area (Å²) in [5.41, 5.74) is 6.24. The van der Waals surface area contributed by atoms with Crippen molar-refractivity contribution in [3.05, 3.63) is 35.2 Å². The summed E-state index contributed by atoms with van der Waals surface area (Å²) in [5, 5.41) is 8.48. The lowest BCUT2D eigenvalue weighted by Crippen LogP contribution is -2.02. The van der Waals surface area contributed by atoms with Gasteiger partial charge in [-0.25, -0.2) is 0 Å². The van der Waals surface area contributed by atoms with Crippen molar-refractivity contribution in [3.8, 4) is 11.5 Å². The Labute approximate surface area is 92.1 Å². The van der Waals surface area contributed by atoms with Crippen LogP contribution < -0.4 is 5.73 Å². The van der Waals surface area contributed by atoms with Crippen LogP contribution in [0.3, 0.4) is 0 Å². The van der Waals surface area contributed by atoms with Gasteiger partial charge in [0.05, 0.1) is 0 Å². The number of halogens is 1. The van der Waals surface area contributed by atoms with Crippen LogP contribution in [0.4, 0.5) is 0 Å². The fourth-order valence-electron chi connectivity index (χ4n) is 1.19. The predicted octanol–water partition coefficient (Wildman–Crippen LogP) is 1.89. The highest BCUT2D eigenvalue weighted by Gasteiger charge is 2.07. The average molecular weight is 224 g/mol. The molecule has 0 aliphatic heterocycles. The summed E-state index contributed by atoms with van der Waals surface area (Å²) < 4.78 is 5.40. The summed E-state index contributed by atoms with van der Waals surface area (Å²) in [6.45, 7) is 0.502. The SMILES string of the molecule is NCCc1nnc(-c2ccc(Cl)cc2)o1. The summed E-state index contributed by atoms with van der Waals surface area (Å²) >= 11 is 5.77. The first-order valence-electron chi connectivity index (χ1n) is 4.58. The van der Waals surface area contributed by atoms with E-state index in [9.17, 15) is 0 Å². The standard InChI is InChI=1S/C10H10ClN3O/c11-8-3-1-7(2-4-8)10-14-13-9(15-10)5-6-12/h1-4H,5-6,12H2. The summed E-state index contributed by atoms with van der Waals surface area (Å²) in [6, 6.07) is 7.23. The molecule has 78 valence electrons. The number of benzene rings is 1. The zero-order valence-corrected chi connectivity index (χ0v) is 8.74. The van der Waals surface area contributed by atoms with Crippen LogP contribution in [-0.4, -0.2) is 16.7 Å². The van der Waals surface area contributed by atoms with Gasteiger partial charge in [0, 0.05) is 23.6 Å². The second-order valence-electron chi connectivity index (χ2n) is 3.05. The molecule has 1 aromatic heterocycles. The van der Waals surface area contributed by atoms with E-state index in [1.165, 1.54) is 0 Å². The normalized spacial score (nSPS) is 10.5. The highest BCUT2D eigenvalue weighted by molar-refractivity contribution is 6.30. The van der Waals surface area contributed by atoms with E-state index in [1.54, 1.807) is 12.1 Å². The van der Waals surface area contributed by atoms with Crippen LogP contribution in [0.25, 0.3) is 11.5 Å². The Bertz CT molecular complexity index is 438. The molecule has 5 heteroatoms. The average Bonchev–Trinajstić information content (AvgIpc) is 2.68. The van der Waals surface area contributed by atoms with Crippen molar-refractivity contribution in [2.45, 2.75) is 6.42 Å². The van der Waals surface area contributed by atoms with Gasteiger partial charge >= 0.3 is 0 Å². The molecule has 0 aliphatic rings. The topological polar surface area (TPSA) is 64.9 Å². The van der Waals surface area contributed by atoms with E-state index in [0.717, 1.165) is 5.56 Å². The monoisotopic (exact) mass is 223 g/mol. The number of rotatable bonds is 3. The molecule has 0 atom stereocenters. The van der Waals surface area contributed by atoms with Gasteiger partial charge in [-0.15, -0.1) is 10.2 Å². The maximum atomic E-state index is 5.77. The maximum absolute atomic E-state index is 5.77. The van der Waals surface area contributed by atoms with Gasteiger partial charge in [0.2, 0.25) is 11.8 Å². The van der Waals surface area contributed by atoms with Crippen LogP contribution in [0.2, 0.25) is 5.02 Å². The molecule has 0 bridgehead atoms. The van der Waals surface area contributed by atoms with Crippen LogP contribution in [0.1, 0.15) is 5.89 Å².